The Kier molecular flexibility index (Phi) is 4.05. The van der Waals surface area contributed by atoms with Gasteiger partial charge in [0.1, 0.15) is 10.9 Å². The van der Waals surface area contributed by atoms with Gasteiger partial charge in [0.25, 0.3) is 0 Å². The molecule has 2 aromatic heterocycles. The second-order valence-electron chi connectivity index (χ2n) is 2.96. The minimum Gasteiger partial charge on any atom is -0.307 e. The molecule has 0 aliphatic rings. The van der Waals surface area contributed by atoms with Gasteiger partial charge in [-0.2, -0.15) is 4.37 Å². The molecule has 0 fully saturated rings. The van der Waals surface area contributed by atoms with Crippen LogP contribution in [0.1, 0.15) is 5.82 Å². The van der Waals surface area contributed by atoms with E-state index >= 15 is 0 Å². The number of aromatic nitrogens is 3. The van der Waals surface area contributed by atoms with E-state index in [1.807, 2.05) is 6.92 Å². The lowest BCUT2D eigenvalue weighted by molar-refractivity contribution is 1.08. The third-order valence-electron chi connectivity index (χ3n) is 1.73. The number of rotatable bonds is 3. The van der Waals surface area contributed by atoms with Crippen LogP contribution in [0.4, 0.5) is 5.82 Å². The minimum atomic E-state index is 0.371. The largest absolute Gasteiger partial charge is 0.307 e. The molecule has 0 aliphatic carbocycles. The first-order chi connectivity index (χ1) is 8.10. The molecule has 0 saturated heterocycles. The lowest BCUT2D eigenvalue weighted by Gasteiger charge is -2.06. The molecule has 90 valence electrons. The number of hydrazine groups is 1. The van der Waals surface area contributed by atoms with Crippen molar-refractivity contribution in [2.24, 2.45) is 5.84 Å². The minimum absolute atomic E-state index is 0.371. The van der Waals surface area contributed by atoms with Crippen molar-refractivity contribution in [2.45, 2.75) is 16.3 Å². The van der Waals surface area contributed by atoms with E-state index in [9.17, 15) is 0 Å². The summed E-state index contributed by atoms with van der Waals surface area (Å²) in [5.74, 6) is 6.39. The topological polar surface area (TPSA) is 76.7 Å². The van der Waals surface area contributed by atoms with Crippen LogP contribution in [0.3, 0.4) is 0 Å². The Labute approximate surface area is 116 Å². The van der Waals surface area contributed by atoms with Gasteiger partial charge in [0.05, 0.1) is 10.0 Å². The van der Waals surface area contributed by atoms with Gasteiger partial charge in [-0.1, -0.05) is 23.2 Å². The summed E-state index contributed by atoms with van der Waals surface area (Å²) in [5.41, 5.74) is 2.41. The van der Waals surface area contributed by atoms with E-state index in [4.69, 9.17) is 29.0 Å². The highest BCUT2D eigenvalue weighted by Crippen LogP contribution is 2.36. The van der Waals surface area contributed by atoms with Crippen molar-refractivity contribution >= 4 is 52.3 Å². The molecule has 0 radical (unpaired) electrons. The van der Waals surface area contributed by atoms with Gasteiger partial charge in [-0.3, -0.25) is 0 Å². The third kappa shape index (κ3) is 2.99. The van der Waals surface area contributed by atoms with Crippen molar-refractivity contribution in [3.8, 4) is 0 Å². The van der Waals surface area contributed by atoms with Crippen molar-refractivity contribution in [3.05, 3.63) is 21.9 Å². The van der Waals surface area contributed by atoms with E-state index < -0.39 is 0 Å². The first-order valence-electron chi connectivity index (χ1n) is 4.41. The summed E-state index contributed by atoms with van der Waals surface area (Å²) in [6.07, 6.45) is 0. The molecule has 0 aromatic carbocycles. The number of halogens is 2. The standard InChI is InChI=1S/C8H7Cl2N5S2/c1-3-12-8(17-15-3)16-7-5(10)2-4(9)6(13-7)14-11/h2H,11H2,1H3,(H,13,14). The zero-order chi connectivity index (χ0) is 12.4. The molecule has 9 heteroatoms. The highest BCUT2D eigenvalue weighted by molar-refractivity contribution is 8.01. The summed E-state index contributed by atoms with van der Waals surface area (Å²) in [6.45, 7) is 1.82. The zero-order valence-electron chi connectivity index (χ0n) is 8.57. The molecule has 0 unspecified atom stereocenters. The Hall–Kier alpha value is -0.600. The summed E-state index contributed by atoms with van der Waals surface area (Å²) in [5, 5.41) is 1.40. The fourth-order valence-electron chi connectivity index (χ4n) is 1.02. The van der Waals surface area contributed by atoms with E-state index in [2.05, 4.69) is 19.8 Å². The normalized spacial score (nSPS) is 10.6. The average molecular weight is 308 g/mol. The van der Waals surface area contributed by atoms with Gasteiger partial charge in [0, 0.05) is 0 Å². The Balaban J connectivity index is 2.32. The molecule has 0 amide bonds. The van der Waals surface area contributed by atoms with Crippen molar-refractivity contribution in [1.29, 1.82) is 0 Å². The van der Waals surface area contributed by atoms with Gasteiger partial charge in [0.15, 0.2) is 10.2 Å². The van der Waals surface area contributed by atoms with Gasteiger partial charge in [-0.15, -0.1) is 0 Å². The van der Waals surface area contributed by atoms with E-state index in [1.54, 1.807) is 6.07 Å². The maximum atomic E-state index is 6.04. The van der Waals surface area contributed by atoms with E-state index in [0.29, 0.717) is 20.9 Å². The maximum absolute atomic E-state index is 6.04. The number of hydrogen-bond donors (Lipinski definition) is 2. The first kappa shape index (κ1) is 12.8. The van der Waals surface area contributed by atoms with Crippen LogP contribution in [-0.2, 0) is 0 Å². The number of nitrogens with two attached hydrogens (primary N) is 1. The van der Waals surface area contributed by atoms with Crippen molar-refractivity contribution in [3.63, 3.8) is 0 Å². The fourth-order valence-corrected chi connectivity index (χ4v) is 3.11. The number of aryl methyl sites for hydroxylation is 1. The Morgan fingerprint density at radius 3 is 2.71 bits per heavy atom. The smallest absolute Gasteiger partial charge is 0.176 e. The predicted molar refractivity (Wildman–Crippen MR) is 70.8 cm³/mol. The molecule has 2 aromatic rings. The molecular weight excluding hydrogens is 301 g/mol. The number of nitrogen functional groups attached to an aromatic ring is 1. The van der Waals surface area contributed by atoms with Crippen molar-refractivity contribution in [1.82, 2.24) is 14.3 Å². The van der Waals surface area contributed by atoms with Crippen LogP contribution in [0, 0.1) is 6.92 Å². The number of pyridine rings is 1. The summed E-state index contributed by atoms with van der Waals surface area (Å²) in [6, 6.07) is 1.58. The number of hydrogen-bond acceptors (Lipinski definition) is 7. The molecule has 0 aliphatic heterocycles. The van der Waals surface area contributed by atoms with Gasteiger partial charge in [-0.25, -0.2) is 15.8 Å². The van der Waals surface area contributed by atoms with E-state index in [1.165, 1.54) is 23.3 Å². The van der Waals surface area contributed by atoms with Crippen LogP contribution < -0.4 is 11.3 Å². The fraction of sp³-hybridized carbons (Fsp3) is 0.125. The summed E-state index contributed by atoms with van der Waals surface area (Å²) < 4.78 is 4.84. The molecule has 2 rings (SSSR count). The Bertz CT molecular complexity index is 545. The molecule has 0 atom stereocenters. The highest BCUT2D eigenvalue weighted by atomic mass is 35.5. The van der Waals surface area contributed by atoms with E-state index in [-0.39, 0.29) is 0 Å². The summed E-state index contributed by atoms with van der Waals surface area (Å²) in [7, 11) is 0. The van der Waals surface area contributed by atoms with Crippen LogP contribution in [0.25, 0.3) is 0 Å². The summed E-state index contributed by atoms with van der Waals surface area (Å²) >= 11 is 14.5. The SMILES string of the molecule is Cc1nsc(Sc2nc(NN)c(Cl)cc2Cl)n1. The summed E-state index contributed by atoms with van der Waals surface area (Å²) in [4.78, 5) is 8.41. The van der Waals surface area contributed by atoms with Crippen LogP contribution in [0.5, 0.6) is 0 Å². The second kappa shape index (κ2) is 5.36. The van der Waals surface area contributed by atoms with Crippen LogP contribution in [0.15, 0.2) is 15.4 Å². The third-order valence-corrected chi connectivity index (χ3v) is 4.26. The molecular formula is C8H7Cl2N5S2. The molecule has 3 N–H and O–H groups in total. The number of nitrogens with zero attached hydrogens (tertiary/aromatic N) is 3. The zero-order valence-corrected chi connectivity index (χ0v) is 11.7. The van der Waals surface area contributed by atoms with Crippen molar-refractivity contribution in [2.75, 3.05) is 5.43 Å². The molecule has 0 spiro atoms. The Morgan fingerprint density at radius 1 is 1.35 bits per heavy atom. The van der Waals surface area contributed by atoms with Gasteiger partial charge < -0.3 is 5.43 Å². The average Bonchev–Trinajstić information content (AvgIpc) is 2.68. The highest BCUT2D eigenvalue weighted by Gasteiger charge is 2.12. The lowest BCUT2D eigenvalue weighted by atomic mass is 10.4. The molecule has 17 heavy (non-hydrogen) atoms. The lowest BCUT2D eigenvalue weighted by Crippen LogP contribution is -2.09. The monoisotopic (exact) mass is 307 g/mol. The van der Waals surface area contributed by atoms with Gasteiger partial charge in [-0.05, 0) is 36.3 Å². The van der Waals surface area contributed by atoms with E-state index in [0.717, 1.165) is 10.2 Å². The molecule has 5 nitrogen and oxygen atoms in total. The molecule has 0 saturated carbocycles. The van der Waals surface area contributed by atoms with Crippen molar-refractivity contribution < 1.29 is 0 Å². The van der Waals surface area contributed by atoms with Crippen LogP contribution in [-0.4, -0.2) is 14.3 Å². The maximum Gasteiger partial charge on any atom is 0.176 e. The quantitative estimate of drug-likeness (QED) is 0.670. The first-order valence-corrected chi connectivity index (χ1v) is 6.75. The number of nitrogens with one attached hydrogen (secondary N) is 1. The van der Waals surface area contributed by atoms with Gasteiger partial charge in [0.2, 0.25) is 0 Å². The second-order valence-corrected chi connectivity index (χ2v) is 5.76. The molecule has 0 bridgehead atoms. The van der Waals surface area contributed by atoms with Crippen LogP contribution >= 0.6 is 46.5 Å². The predicted octanol–water partition coefficient (Wildman–Crippen LogP) is 2.99. The molecule has 2 heterocycles. The van der Waals surface area contributed by atoms with Crippen LogP contribution in [0.2, 0.25) is 10.0 Å². The Morgan fingerprint density at radius 2 is 2.12 bits per heavy atom. The number of anilines is 1. The van der Waals surface area contributed by atoms with Gasteiger partial charge >= 0.3 is 0 Å².